The van der Waals surface area contributed by atoms with Gasteiger partial charge in [0.1, 0.15) is 0 Å². The largest absolute Gasteiger partial charge is 0.347 e. The second-order valence-corrected chi connectivity index (χ2v) is 5.96. The highest BCUT2D eigenvalue weighted by Gasteiger charge is 2.18. The van der Waals surface area contributed by atoms with E-state index in [0.29, 0.717) is 0 Å². The Morgan fingerprint density at radius 1 is 1.20 bits per heavy atom. The van der Waals surface area contributed by atoms with Gasteiger partial charge in [0.25, 0.3) is 0 Å². The van der Waals surface area contributed by atoms with Gasteiger partial charge in [-0.05, 0) is 69.2 Å². The van der Waals surface area contributed by atoms with Crippen LogP contribution in [0, 0.1) is 0 Å². The number of aromatic nitrogens is 1. The Hall–Kier alpha value is -1.32. The van der Waals surface area contributed by atoms with Crippen molar-refractivity contribution in [2.45, 2.75) is 39.4 Å². The smallest absolute Gasteiger partial charge is 0.0486 e. The van der Waals surface area contributed by atoms with Gasteiger partial charge in [-0.3, -0.25) is 4.90 Å². The van der Waals surface area contributed by atoms with E-state index in [9.17, 15) is 0 Å². The summed E-state index contributed by atoms with van der Waals surface area (Å²) in [5, 5.41) is 4.71. The maximum Gasteiger partial charge on any atom is 0.0486 e. The topological polar surface area (TPSA) is 20.2 Å². The van der Waals surface area contributed by atoms with Gasteiger partial charge in [-0.2, -0.15) is 0 Å². The van der Waals surface area contributed by atoms with Crippen LogP contribution < -0.4 is 5.32 Å². The van der Waals surface area contributed by atoms with Crippen molar-refractivity contribution >= 4 is 10.9 Å². The van der Waals surface area contributed by atoms with Gasteiger partial charge in [0.05, 0.1) is 0 Å². The van der Waals surface area contributed by atoms with E-state index < -0.39 is 0 Å². The number of fused-ring (bicyclic) bond motifs is 2. The highest BCUT2D eigenvalue weighted by molar-refractivity contribution is 5.86. The summed E-state index contributed by atoms with van der Waals surface area (Å²) in [6.45, 7) is 6.56. The molecule has 3 nitrogen and oxygen atoms in total. The zero-order chi connectivity index (χ0) is 14.1. The molecular formula is C17H25N3. The van der Waals surface area contributed by atoms with Crippen molar-refractivity contribution in [3.05, 3.63) is 35.0 Å². The highest BCUT2D eigenvalue weighted by Crippen LogP contribution is 2.30. The molecule has 0 fully saturated rings. The number of hydrogen-bond acceptors (Lipinski definition) is 2. The van der Waals surface area contributed by atoms with Crippen LogP contribution in [0.1, 0.15) is 30.0 Å². The predicted molar refractivity (Wildman–Crippen MR) is 85.0 cm³/mol. The third-order valence-electron chi connectivity index (χ3n) is 4.38. The normalized spacial score (nSPS) is 15.2. The Morgan fingerprint density at radius 2 is 1.95 bits per heavy atom. The fourth-order valence-corrected chi connectivity index (χ4v) is 3.35. The number of aryl methyl sites for hydroxylation is 2. The zero-order valence-electron chi connectivity index (χ0n) is 12.9. The third kappa shape index (κ3) is 2.36. The number of nitrogens with zero attached hydrogens (tertiary/aromatic N) is 2. The van der Waals surface area contributed by atoms with E-state index in [1.807, 2.05) is 7.05 Å². The molecule has 1 aromatic heterocycles. The van der Waals surface area contributed by atoms with Gasteiger partial charge in [0, 0.05) is 36.7 Å². The first kappa shape index (κ1) is 13.7. The van der Waals surface area contributed by atoms with Crippen LogP contribution in [0.4, 0.5) is 0 Å². The Bertz CT molecular complexity index is 612. The molecule has 0 radical (unpaired) electrons. The van der Waals surface area contributed by atoms with Crippen LogP contribution >= 0.6 is 0 Å². The predicted octanol–water partition coefficient (Wildman–Crippen LogP) is 2.76. The molecule has 2 aromatic rings. The van der Waals surface area contributed by atoms with Crippen LogP contribution in [-0.2, 0) is 26.1 Å². The molecule has 0 spiro atoms. The second kappa shape index (κ2) is 5.58. The first-order chi connectivity index (χ1) is 9.72. The van der Waals surface area contributed by atoms with E-state index in [4.69, 9.17) is 0 Å². The average molecular weight is 271 g/mol. The molecule has 0 saturated carbocycles. The number of nitrogens with one attached hydrogen (secondary N) is 1. The summed E-state index contributed by atoms with van der Waals surface area (Å²) in [5.41, 5.74) is 5.95. The lowest BCUT2D eigenvalue weighted by molar-refractivity contribution is 0.353. The third-order valence-corrected chi connectivity index (χ3v) is 4.38. The SMILES string of the molecule is CCn1cc(CCCNC)c2cc3c(cc21)CN(C)C3. The lowest BCUT2D eigenvalue weighted by Crippen LogP contribution is -2.08. The van der Waals surface area contributed by atoms with Crippen molar-refractivity contribution in [3.8, 4) is 0 Å². The van der Waals surface area contributed by atoms with E-state index in [0.717, 1.165) is 26.2 Å². The lowest BCUT2D eigenvalue weighted by atomic mass is 10.0. The summed E-state index contributed by atoms with van der Waals surface area (Å²) >= 11 is 0. The maximum absolute atomic E-state index is 3.24. The minimum absolute atomic E-state index is 1.05. The van der Waals surface area contributed by atoms with Crippen LogP contribution in [0.25, 0.3) is 10.9 Å². The molecule has 0 bridgehead atoms. The first-order valence-corrected chi connectivity index (χ1v) is 7.69. The fraction of sp³-hybridized carbons (Fsp3) is 0.529. The highest BCUT2D eigenvalue weighted by atomic mass is 15.1. The zero-order valence-corrected chi connectivity index (χ0v) is 12.9. The molecule has 1 aromatic carbocycles. The van der Waals surface area contributed by atoms with Gasteiger partial charge in [0.2, 0.25) is 0 Å². The quantitative estimate of drug-likeness (QED) is 0.844. The molecule has 0 atom stereocenters. The minimum Gasteiger partial charge on any atom is -0.347 e. The maximum atomic E-state index is 3.24. The molecule has 0 aliphatic carbocycles. The Balaban J connectivity index is 2.01. The minimum atomic E-state index is 1.05. The molecule has 0 amide bonds. The molecule has 2 heterocycles. The first-order valence-electron chi connectivity index (χ1n) is 7.69. The Morgan fingerprint density at radius 3 is 2.65 bits per heavy atom. The van der Waals surface area contributed by atoms with Crippen LogP contribution in [0.2, 0.25) is 0 Å². The van der Waals surface area contributed by atoms with Crippen LogP contribution in [-0.4, -0.2) is 30.1 Å². The molecular weight excluding hydrogens is 246 g/mol. The molecule has 1 aliphatic rings. The van der Waals surface area contributed by atoms with Crippen molar-refractivity contribution in [2.75, 3.05) is 20.6 Å². The van der Waals surface area contributed by atoms with Crippen LogP contribution in [0.15, 0.2) is 18.3 Å². The van der Waals surface area contributed by atoms with E-state index in [2.05, 4.69) is 47.1 Å². The van der Waals surface area contributed by atoms with Crippen molar-refractivity contribution in [1.82, 2.24) is 14.8 Å². The van der Waals surface area contributed by atoms with Gasteiger partial charge < -0.3 is 9.88 Å². The number of rotatable bonds is 5. The van der Waals surface area contributed by atoms with Gasteiger partial charge in [0.15, 0.2) is 0 Å². The van der Waals surface area contributed by atoms with Gasteiger partial charge >= 0.3 is 0 Å². The molecule has 0 unspecified atom stereocenters. The Labute approximate surface area is 121 Å². The van der Waals surface area contributed by atoms with E-state index in [1.54, 1.807) is 0 Å². The van der Waals surface area contributed by atoms with Crippen molar-refractivity contribution < 1.29 is 0 Å². The lowest BCUT2D eigenvalue weighted by Gasteiger charge is -2.04. The summed E-state index contributed by atoms with van der Waals surface area (Å²) in [6, 6.07) is 4.86. The number of hydrogen-bond donors (Lipinski definition) is 1. The van der Waals surface area contributed by atoms with Crippen LogP contribution in [0.3, 0.4) is 0 Å². The Kier molecular flexibility index (Phi) is 3.81. The second-order valence-electron chi connectivity index (χ2n) is 5.96. The van der Waals surface area contributed by atoms with Gasteiger partial charge in [-0.1, -0.05) is 0 Å². The molecule has 1 N–H and O–H groups in total. The summed E-state index contributed by atoms with van der Waals surface area (Å²) in [6.07, 6.45) is 4.73. The fourth-order valence-electron chi connectivity index (χ4n) is 3.35. The van der Waals surface area contributed by atoms with Crippen molar-refractivity contribution in [3.63, 3.8) is 0 Å². The average Bonchev–Trinajstić information content (AvgIpc) is 2.96. The van der Waals surface area contributed by atoms with Gasteiger partial charge in [-0.15, -0.1) is 0 Å². The monoisotopic (exact) mass is 271 g/mol. The summed E-state index contributed by atoms with van der Waals surface area (Å²) in [7, 11) is 4.23. The van der Waals surface area contributed by atoms with Crippen molar-refractivity contribution in [2.24, 2.45) is 0 Å². The molecule has 3 heteroatoms. The standard InChI is InChI=1S/C17H25N3/c1-4-20-12-13(6-5-7-18-2)16-8-14-10-19(3)11-15(14)9-17(16)20/h8-9,12,18H,4-7,10-11H2,1-3H3. The van der Waals surface area contributed by atoms with Crippen LogP contribution in [0.5, 0.6) is 0 Å². The molecule has 0 saturated heterocycles. The summed E-state index contributed by atoms with van der Waals surface area (Å²) in [4.78, 5) is 2.39. The molecule has 3 rings (SSSR count). The van der Waals surface area contributed by atoms with Gasteiger partial charge in [-0.25, -0.2) is 0 Å². The van der Waals surface area contributed by atoms with E-state index >= 15 is 0 Å². The number of benzene rings is 1. The van der Waals surface area contributed by atoms with Crippen molar-refractivity contribution in [1.29, 1.82) is 0 Å². The van der Waals surface area contributed by atoms with E-state index in [1.165, 1.54) is 40.4 Å². The summed E-state index contributed by atoms with van der Waals surface area (Å²) in [5.74, 6) is 0. The van der Waals surface area contributed by atoms with E-state index in [-0.39, 0.29) is 0 Å². The molecule has 108 valence electrons. The molecule has 20 heavy (non-hydrogen) atoms. The molecule has 1 aliphatic heterocycles. The summed E-state index contributed by atoms with van der Waals surface area (Å²) < 4.78 is 2.41.